The Morgan fingerprint density at radius 1 is 1.29 bits per heavy atom. The molecule has 3 atom stereocenters. The molecule has 1 saturated carbocycles. The van der Waals surface area contributed by atoms with Gasteiger partial charge in [0, 0.05) is 41.8 Å². The summed E-state index contributed by atoms with van der Waals surface area (Å²) in [4.78, 5) is 51.4. The van der Waals surface area contributed by atoms with E-state index in [1.807, 2.05) is 19.1 Å². The maximum absolute atomic E-state index is 14.1. The van der Waals surface area contributed by atoms with Gasteiger partial charge in [-0.1, -0.05) is 24.4 Å². The number of amides is 3. The molecular formula is C28H27ClN6O3. The number of fused-ring (bicyclic) bond motifs is 3. The van der Waals surface area contributed by atoms with Crippen LogP contribution in [0.3, 0.4) is 0 Å². The predicted octanol–water partition coefficient (Wildman–Crippen LogP) is 3.78. The largest absolute Gasteiger partial charge is 0.335 e. The molecule has 2 fully saturated rings. The number of carbonyl (C=O) groups is 3. The number of likely N-dealkylation sites (tertiary alicyclic amines) is 1. The Bertz CT molecular complexity index is 1540. The number of pyridine rings is 1. The molecular weight excluding hydrogens is 504 g/mol. The van der Waals surface area contributed by atoms with Crippen LogP contribution in [-0.4, -0.2) is 63.2 Å². The van der Waals surface area contributed by atoms with Gasteiger partial charge in [-0.3, -0.25) is 14.4 Å². The number of nitriles is 1. The second-order valence-electron chi connectivity index (χ2n) is 10.7. The van der Waals surface area contributed by atoms with Crippen molar-refractivity contribution in [3.05, 3.63) is 58.4 Å². The van der Waals surface area contributed by atoms with Gasteiger partial charge >= 0.3 is 0 Å². The number of anilines is 1. The zero-order chi connectivity index (χ0) is 26.8. The molecule has 6 rings (SSSR count). The molecule has 2 N–H and O–H groups in total. The molecule has 1 saturated heterocycles. The number of aryl methyl sites for hydroxylation is 1. The molecule has 9 nitrogen and oxygen atoms in total. The number of halogens is 1. The number of aromatic amines is 1. The number of benzene rings is 1. The fourth-order valence-corrected chi connectivity index (χ4v) is 6.01. The molecule has 2 aliphatic heterocycles. The van der Waals surface area contributed by atoms with Crippen LogP contribution in [0.5, 0.6) is 0 Å². The SMILES string of the molecule is Cc1ccc2cc(C(=O)N(C)[C@@H](CC3CC3)C(=O)N3C[C@]4(C[C@H]3C#N)C(=O)Nc3ccc(Cl)cc34)[nH]c2n1. The number of rotatable bonds is 5. The third-order valence-electron chi connectivity index (χ3n) is 8.15. The normalized spacial score (nSPS) is 22.8. The summed E-state index contributed by atoms with van der Waals surface area (Å²) >= 11 is 6.25. The van der Waals surface area contributed by atoms with E-state index >= 15 is 0 Å². The van der Waals surface area contributed by atoms with Gasteiger partial charge in [-0.05, 0) is 61.2 Å². The van der Waals surface area contributed by atoms with Crippen molar-refractivity contribution in [2.75, 3.05) is 18.9 Å². The Hall–Kier alpha value is -3.90. The van der Waals surface area contributed by atoms with E-state index in [-0.39, 0.29) is 30.7 Å². The van der Waals surface area contributed by atoms with Crippen LogP contribution in [0.15, 0.2) is 36.4 Å². The van der Waals surface area contributed by atoms with Crippen LogP contribution in [-0.2, 0) is 15.0 Å². The van der Waals surface area contributed by atoms with Crippen LogP contribution in [0, 0.1) is 24.2 Å². The Morgan fingerprint density at radius 3 is 2.82 bits per heavy atom. The summed E-state index contributed by atoms with van der Waals surface area (Å²) in [5, 5.41) is 14.2. The fourth-order valence-electron chi connectivity index (χ4n) is 5.83. The van der Waals surface area contributed by atoms with E-state index in [1.54, 1.807) is 31.3 Å². The number of hydrogen-bond donors (Lipinski definition) is 2. The first-order valence-corrected chi connectivity index (χ1v) is 13.1. The molecule has 4 heterocycles. The van der Waals surface area contributed by atoms with E-state index in [4.69, 9.17) is 11.6 Å². The van der Waals surface area contributed by atoms with E-state index in [2.05, 4.69) is 21.4 Å². The second-order valence-corrected chi connectivity index (χ2v) is 11.2. The molecule has 0 unspecified atom stereocenters. The molecule has 1 aliphatic carbocycles. The molecule has 3 aliphatic rings. The summed E-state index contributed by atoms with van der Waals surface area (Å²) in [5.41, 5.74) is 2.09. The van der Waals surface area contributed by atoms with Crippen LogP contribution in [0.1, 0.15) is 47.4 Å². The summed E-state index contributed by atoms with van der Waals surface area (Å²) in [6.45, 7) is 1.94. The van der Waals surface area contributed by atoms with Crippen molar-refractivity contribution in [1.82, 2.24) is 19.8 Å². The minimum Gasteiger partial charge on any atom is -0.335 e. The highest BCUT2D eigenvalue weighted by molar-refractivity contribution is 6.31. The fraction of sp³-hybridized carbons (Fsp3) is 0.393. The Morgan fingerprint density at radius 2 is 2.08 bits per heavy atom. The molecule has 3 aromatic rings. The minimum atomic E-state index is -1.05. The van der Waals surface area contributed by atoms with Crippen LogP contribution in [0.4, 0.5) is 5.69 Å². The van der Waals surface area contributed by atoms with Gasteiger partial charge in [0.2, 0.25) is 11.8 Å². The molecule has 0 bridgehead atoms. The predicted molar refractivity (Wildman–Crippen MR) is 142 cm³/mol. The topological polar surface area (TPSA) is 122 Å². The average molecular weight is 531 g/mol. The van der Waals surface area contributed by atoms with Gasteiger partial charge in [0.25, 0.3) is 5.91 Å². The van der Waals surface area contributed by atoms with E-state index in [0.29, 0.717) is 40.0 Å². The van der Waals surface area contributed by atoms with Crippen LogP contribution >= 0.6 is 11.6 Å². The smallest absolute Gasteiger partial charge is 0.270 e. The van der Waals surface area contributed by atoms with Gasteiger partial charge < -0.3 is 20.1 Å². The van der Waals surface area contributed by atoms with Crippen molar-refractivity contribution >= 4 is 46.0 Å². The van der Waals surface area contributed by atoms with E-state index in [9.17, 15) is 19.6 Å². The number of likely N-dealkylation sites (N-methyl/N-ethyl adjacent to an activating group) is 1. The van der Waals surface area contributed by atoms with Crippen molar-refractivity contribution in [3.8, 4) is 6.07 Å². The number of aromatic nitrogens is 2. The first-order chi connectivity index (χ1) is 18.2. The summed E-state index contributed by atoms with van der Waals surface area (Å²) < 4.78 is 0. The standard InChI is InChI=1S/C28H27ClN6O3/c1-15-3-6-17-10-22(32-24(17)31-15)25(36)34(2)23(9-16-4-5-16)26(37)35-14-28(12-19(35)13-30)20-11-18(29)7-8-21(20)33-27(28)38/h3,6-8,10-11,16,19,23H,4-5,9,12,14H2,1-2H3,(H,31,32)(H,33,38)/t19-,23-,28-/m0/s1. The van der Waals surface area contributed by atoms with Gasteiger partial charge in [-0.25, -0.2) is 4.98 Å². The summed E-state index contributed by atoms with van der Waals surface area (Å²) in [6, 6.07) is 11.4. The number of hydrogen-bond acceptors (Lipinski definition) is 5. The Kier molecular flexibility index (Phi) is 5.69. The quantitative estimate of drug-likeness (QED) is 0.520. The summed E-state index contributed by atoms with van der Waals surface area (Å²) in [6.07, 6.45) is 2.69. The highest BCUT2D eigenvalue weighted by Gasteiger charge is 2.57. The maximum Gasteiger partial charge on any atom is 0.270 e. The molecule has 1 aromatic carbocycles. The van der Waals surface area contributed by atoms with Gasteiger partial charge in [-0.2, -0.15) is 5.26 Å². The van der Waals surface area contributed by atoms with Crippen molar-refractivity contribution in [3.63, 3.8) is 0 Å². The first kappa shape index (κ1) is 24.4. The lowest BCUT2D eigenvalue weighted by molar-refractivity contribution is -0.136. The van der Waals surface area contributed by atoms with Gasteiger partial charge in [0.05, 0.1) is 11.5 Å². The third kappa shape index (κ3) is 3.91. The molecule has 38 heavy (non-hydrogen) atoms. The molecule has 194 valence electrons. The monoisotopic (exact) mass is 530 g/mol. The number of nitrogens with one attached hydrogen (secondary N) is 2. The van der Waals surface area contributed by atoms with Crippen LogP contribution in [0.25, 0.3) is 11.0 Å². The minimum absolute atomic E-state index is 0.0576. The molecule has 0 radical (unpaired) electrons. The van der Waals surface area contributed by atoms with E-state index in [1.165, 1.54) is 9.80 Å². The second kappa shape index (κ2) is 8.84. The van der Waals surface area contributed by atoms with E-state index < -0.39 is 17.5 Å². The molecule has 3 amide bonds. The number of H-pyrrole nitrogens is 1. The van der Waals surface area contributed by atoms with Gasteiger partial charge in [-0.15, -0.1) is 0 Å². The molecule has 1 spiro atoms. The lowest BCUT2D eigenvalue weighted by atomic mass is 9.80. The lowest BCUT2D eigenvalue weighted by Crippen LogP contribution is -2.51. The van der Waals surface area contributed by atoms with Gasteiger partial charge in [0.1, 0.15) is 23.4 Å². The van der Waals surface area contributed by atoms with Crippen molar-refractivity contribution in [2.24, 2.45) is 5.92 Å². The first-order valence-electron chi connectivity index (χ1n) is 12.8. The average Bonchev–Trinajstić information content (AvgIpc) is 3.39. The number of carbonyl (C=O) groups excluding carboxylic acids is 3. The van der Waals surface area contributed by atoms with Crippen molar-refractivity contribution < 1.29 is 14.4 Å². The Labute approximate surface area is 224 Å². The van der Waals surface area contributed by atoms with Crippen LogP contribution < -0.4 is 5.32 Å². The Balaban J connectivity index is 1.31. The van der Waals surface area contributed by atoms with Crippen molar-refractivity contribution in [2.45, 2.75) is 50.1 Å². The highest BCUT2D eigenvalue weighted by Crippen LogP contribution is 2.47. The highest BCUT2D eigenvalue weighted by atomic mass is 35.5. The summed E-state index contributed by atoms with van der Waals surface area (Å²) in [7, 11) is 1.63. The van der Waals surface area contributed by atoms with Crippen molar-refractivity contribution in [1.29, 1.82) is 5.26 Å². The third-order valence-corrected chi connectivity index (χ3v) is 8.38. The lowest BCUT2D eigenvalue weighted by Gasteiger charge is -2.32. The zero-order valence-corrected chi connectivity index (χ0v) is 21.9. The molecule has 2 aromatic heterocycles. The zero-order valence-electron chi connectivity index (χ0n) is 21.1. The maximum atomic E-state index is 14.1. The molecule has 10 heteroatoms. The van der Waals surface area contributed by atoms with E-state index in [0.717, 1.165) is 23.9 Å². The van der Waals surface area contributed by atoms with Crippen LogP contribution in [0.2, 0.25) is 5.02 Å². The number of nitrogens with zero attached hydrogens (tertiary/aromatic N) is 4. The van der Waals surface area contributed by atoms with Gasteiger partial charge in [0.15, 0.2) is 0 Å². The summed E-state index contributed by atoms with van der Waals surface area (Å²) in [5.74, 6) is -0.533.